The standard InChI is InChI=1S/C18H29NO2/c1-14(2)10-11-21-17-8-6-15(7-9-17)12-19-13-16-4-3-5-18(16)20/h6-9,14,16,18-20H,3-5,10-13H2,1-2H3. The van der Waals surface area contributed by atoms with Gasteiger partial charge >= 0.3 is 0 Å². The Morgan fingerprint density at radius 2 is 2.00 bits per heavy atom. The molecule has 3 nitrogen and oxygen atoms in total. The highest BCUT2D eigenvalue weighted by atomic mass is 16.5. The van der Waals surface area contributed by atoms with Gasteiger partial charge < -0.3 is 15.2 Å². The summed E-state index contributed by atoms with van der Waals surface area (Å²) in [5.74, 6) is 2.06. The van der Waals surface area contributed by atoms with Crippen LogP contribution >= 0.6 is 0 Å². The van der Waals surface area contributed by atoms with Gasteiger partial charge in [0.15, 0.2) is 0 Å². The monoisotopic (exact) mass is 291 g/mol. The zero-order valence-electron chi connectivity index (χ0n) is 13.3. The van der Waals surface area contributed by atoms with E-state index in [4.69, 9.17) is 4.74 Å². The minimum absolute atomic E-state index is 0.103. The highest BCUT2D eigenvalue weighted by Crippen LogP contribution is 2.24. The molecule has 0 aliphatic heterocycles. The fourth-order valence-electron chi connectivity index (χ4n) is 2.77. The summed E-state index contributed by atoms with van der Waals surface area (Å²) >= 11 is 0. The molecule has 0 radical (unpaired) electrons. The molecule has 1 aliphatic rings. The van der Waals surface area contributed by atoms with Crippen molar-refractivity contribution in [3.63, 3.8) is 0 Å². The molecule has 1 saturated carbocycles. The van der Waals surface area contributed by atoms with Gasteiger partial charge in [-0.05, 0) is 48.8 Å². The molecule has 0 aromatic heterocycles. The van der Waals surface area contributed by atoms with Crippen LogP contribution in [0, 0.1) is 11.8 Å². The van der Waals surface area contributed by atoms with Gasteiger partial charge in [-0.15, -0.1) is 0 Å². The van der Waals surface area contributed by atoms with Crippen molar-refractivity contribution in [2.24, 2.45) is 11.8 Å². The summed E-state index contributed by atoms with van der Waals surface area (Å²) < 4.78 is 5.72. The molecule has 2 N–H and O–H groups in total. The molecule has 1 fully saturated rings. The zero-order valence-corrected chi connectivity index (χ0v) is 13.3. The summed E-state index contributed by atoms with van der Waals surface area (Å²) in [5, 5.41) is 13.2. The Bertz CT molecular complexity index is 402. The summed E-state index contributed by atoms with van der Waals surface area (Å²) in [7, 11) is 0. The second kappa shape index (κ2) is 8.40. The molecule has 0 saturated heterocycles. The van der Waals surface area contributed by atoms with Gasteiger partial charge in [0.05, 0.1) is 12.7 Å². The summed E-state index contributed by atoms with van der Waals surface area (Å²) in [4.78, 5) is 0. The summed E-state index contributed by atoms with van der Waals surface area (Å²) in [6.45, 7) is 6.97. The lowest BCUT2D eigenvalue weighted by atomic mass is 10.1. The smallest absolute Gasteiger partial charge is 0.119 e. The third-order valence-electron chi connectivity index (χ3n) is 4.24. The maximum atomic E-state index is 9.79. The van der Waals surface area contributed by atoms with Crippen molar-refractivity contribution < 1.29 is 9.84 Å². The number of ether oxygens (including phenoxy) is 1. The Hall–Kier alpha value is -1.06. The van der Waals surface area contributed by atoms with Crippen LogP contribution in [0.15, 0.2) is 24.3 Å². The number of nitrogens with one attached hydrogen (secondary N) is 1. The second-order valence-electron chi connectivity index (χ2n) is 6.56. The van der Waals surface area contributed by atoms with E-state index in [9.17, 15) is 5.11 Å². The van der Waals surface area contributed by atoms with E-state index in [1.165, 1.54) is 5.56 Å². The third kappa shape index (κ3) is 5.68. The lowest BCUT2D eigenvalue weighted by Crippen LogP contribution is -2.27. The number of hydrogen-bond donors (Lipinski definition) is 2. The van der Waals surface area contributed by atoms with E-state index in [1.807, 2.05) is 12.1 Å². The summed E-state index contributed by atoms with van der Waals surface area (Å²) in [6, 6.07) is 8.31. The molecule has 21 heavy (non-hydrogen) atoms. The van der Waals surface area contributed by atoms with E-state index in [2.05, 4.69) is 31.3 Å². The molecule has 2 unspecified atom stereocenters. The third-order valence-corrected chi connectivity index (χ3v) is 4.24. The van der Waals surface area contributed by atoms with Crippen molar-refractivity contribution in [2.45, 2.75) is 52.2 Å². The topological polar surface area (TPSA) is 41.5 Å². The zero-order chi connectivity index (χ0) is 15.1. The summed E-state index contributed by atoms with van der Waals surface area (Å²) in [5.41, 5.74) is 1.26. The van der Waals surface area contributed by atoms with Crippen LogP contribution < -0.4 is 10.1 Å². The van der Waals surface area contributed by atoms with E-state index in [1.54, 1.807) is 0 Å². The van der Waals surface area contributed by atoms with Crippen LogP contribution in [0.25, 0.3) is 0 Å². The van der Waals surface area contributed by atoms with Crippen LogP contribution in [0.2, 0.25) is 0 Å². The molecule has 0 spiro atoms. The first-order chi connectivity index (χ1) is 10.1. The molecule has 0 amide bonds. The molecule has 0 heterocycles. The highest BCUT2D eigenvalue weighted by molar-refractivity contribution is 5.27. The minimum Gasteiger partial charge on any atom is -0.494 e. The van der Waals surface area contributed by atoms with Crippen LogP contribution in [-0.4, -0.2) is 24.4 Å². The maximum Gasteiger partial charge on any atom is 0.119 e. The maximum absolute atomic E-state index is 9.79. The SMILES string of the molecule is CC(C)CCOc1ccc(CNCC2CCCC2O)cc1. The molecular weight excluding hydrogens is 262 g/mol. The molecule has 2 rings (SSSR count). The minimum atomic E-state index is -0.103. The molecule has 118 valence electrons. The van der Waals surface area contributed by atoms with Crippen LogP contribution in [-0.2, 0) is 6.54 Å². The van der Waals surface area contributed by atoms with Crippen molar-refractivity contribution in [1.82, 2.24) is 5.32 Å². The highest BCUT2D eigenvalue weighted by Gasteiger charge is 2.24. The average molecular weight is 291 g/mol. The normalized spacial score (nSPS) is 21.9. The quantitative estimate of drug-likeness (QED) is 0.771. The van der Waals surface area contributed by atoms with Crippen molar-refractivity contribution in [2.75, 3.05) is 13.2 Å². The largest absolute Gasteiger partial charge is 0.494 e. The van der Waals surface area contributed by atoms with Gasteiger partial charge in [0, 0.05) is 13.1 Å². The van der Waals surface area contributed by atoms with Crippen molar-refractivity contribution in [3.05, 3.63) is 29.8 Å². The van der Waals surface area contributed by atoms with Gasteiger partial charge in [-0.2, -0.15) is 0 Å². The Morgan fingerprint density at radius 3 is 2.62 bits per heavy atom. The fraction of sp³-hybridized carbons (Fsp3) is 0.667. The summed E-state index contributed by atoms with van der Waals surface area (Å²) in [6.07, 6.45) is 4.27. The van der Waals surface area contributed by atoms with Crippen LogP contribution in [0.5, 0.6) is 5.75 Å². The van der Waals surface area contributed by atoms with Crippen molar-refractivity contribution >= 4 is 0 Å². The Kier molecular flexibility index (Phi) is 6.52. The predicted molar refractivity (Wildman–Crippen MR) is 86.4 cm³/mol. The number of benzene rings is 1. The lowest BCUT2D eigenvalue weighted by molar-refractivity contribution is 0.131. The first-order valence-electron chi connectivity index (χ1n) is 8.25. The van der Waals surface area contributed by atoms with E-state index < -0.39 is 0 Å². The van der Waals surface area contributed by atoms with E-state index in [-0.39, 0.29) is 6.10 Å². The van der Waals surface area contributed by atoms with E-state index >= 15 is 0 Å². The number of hydrogen-bond acceptors (Lipinski definition) is 3. The Morgan fingerprint density at radius 1 is 1.24 bits per heavy atom. The fourth-order valence-corrected chi connectivity index (χ4v) is 2.77. The number of rotatable bonds is 8. The Labute approximate surface area is 128 Å². The van der Waals surface area contributed by atoms with Gasteiger partial charge in [0.2, 0.25) is 0 Å². The molecule has 1 aromatic rings. The number of aliphatic hydroxyl groups is 1. The average Bonchev–Trinajstić information content (AvgIpc) is 2.86. The molecule has 1 aliphatic carbocycles. The van der Waals surface area contributed by atoms with Crippen LogP contribution in [0.3, 0.4) is 0 Å². The molecule has 1 aromatic carbocycles. The van der Waals surface area contributed by atoms with Gasteiger partial charge in [0.1, 0.15) is 5.75 Å². The molecule has 0 bridgehead atoms. The molecule has 2 atom stereocenters. The van der Waals surface area contributed by atoms with E-state index in [0.717, 1.165) is 51.1 Å². The van der Waals surface area contributed by atoms with Crippen LogP contribution in [0.4, 0.5) is 0 Å². The van der Waals surface area contributed by atoms with Gasteiger partial charge in [-0.25, -0.2) is 0 Å². The van der Waals surface area contributed by atoms with Crippen LogP contribution in [0.1, 0.15) is 45.1 Å². The number of aliphatic hydroxyl groups excluding tert-OH is 1. The molecule has 3 heteroatoms. The first-order valence-corrected chi connectivity index (χ1v) is 8.25. The van der Waals surface area contributed by atoms with Gasteiger partial charge in [-0.1, -0.05) is 32.4 Å². The lowest BCUT2D eigenvalue weighted by Gasteiger charge is -2.15. The second-order valence-corrected chi connectivity index (χ2v) is 6.56. The van der Waals surface area contributed by atoms with Gasteiger partial charge in [-0.3, -0.25) is 0 Å². The van der Waals surface area contributed by atoms with Crippen molar-refractivity contribution in [3.8, 4) is 5.75 Å². The van der Waals surface area contributed by atoms with Crippen molar-refractivity contribution in [1.29, 1.82) is 0 Å². The predicted octanol–water partition coefficient (Wildman–Crippen LogP) is 3.36. The first kappa shape index (κ1) is 16.3. The van der Waals surface area contributed by atoms with E-state index in [0.29, 0.717) is 11.8 Å². The molecular formula is C18H29NO2. The Balaban J connectivity index is 1.67. The van der Waals surface area contributed by atoms with Gasteiger partial charge in [0.25, 0.3) is 0 Å².